The Bertz CT molecular complexity index is 238. The summed E-state index contributed by atoms with van der Waals surface area (Å²) in [7, 11) is 0. The number of nitrogens with one attached hydrogen (secondary N) is 2. The monoisotopic (exact) mass is 225 g/mol. The second kappa shape index (κ2) is 5.64. The Hall–Kier alpha value is -0.610. The molecule has 0 aromatic rings. The zero-order valence-corrected chi connectivity index (χ0v) is 10.2. The average molecular weight is 225 g/mol. The van der Waals surface area contributed by atoms with Gasteiger partial charge in [-0.25, -0.2) is 0 Å². The first kappa shape index (κ1) is 11.9. The molecule has 2 heterocycles. The predicted octanol–water partition coefficient (Wildman–Crippen LogP) is 0.339. The zero-order chi connectivity index (χ0) is 11.4. The second-order valence-electron chi connectivity index (χ2n) is 5.00. The van der Waals surface area contributed by atoms with E-state index in [0.717, 1.165) is 32.5 Å². The number of carbonyl (C=O) groups excluding carboxylic acids is 1. The van der Waals surface area contributed by atoms with Crippen molar-refractivity contribution >= 4 is 5.91 Å². The molecule has 1 amide bonds. The maximum absolute atomic E-state index is 11.9. The lowest BCUT2D eigenvalue weighted by atomic mass is 10.1. The van der Waals surface area contributed by atoms with Gasteiger partial charge in [0.25, 0.3) is 0 Å². The molecule has 2 aliphatic rings. The van der Waals surface area contributed by atoms with Crippen molar-refractivity contribution in [2.24, 2.45) is 0 Å². The van der Waals surface area contributed by atoms with Gasteiger partial charge in [0.2, 0.25) is 5.91 Å². The van der Waals surface area contributed by atoms with Crippen LogP contribution < -0.4 is 10.6 Å². The maximum Gasteiger partial charge on any atom is 0.236 e. The molecule has 16 heavy (non-hydrogen) atoms. The summed E-state index contributed by atoms with van der Waals surface area (Å²) in [5.41, 5.74) is 0. The third-order valence-corrected chi connectivity index (χ3v) is 3.71. The summed E-state index contributed by atoms with van der Waals surface area (Å²) in [5, 5.41) is 6.71. The summed E-state index contributed by atoms with van der Waals surface area (Å²) in [6.07, 6.45) is 4.73. The van der Waals surface area contributed by atoms with Crippen LogP contribution in [0, 0.1) is 0 Å². The van der Waals surface area contributed by atoms with Gasteiger partial charge in [0.1, 0.15) is 0 Å². The quantitative estimate of drug-likeness (QED) is 0.728. The summed E-state index contributed by atoms with van der Waals surface area (Å²) in [4.78, 5) is 14.0. The first-order chi connectivity index (χ1) is 7.77. The number of amides is 1. The number of piperidine rings is 1. The molecular formula is C12H23N3O. The first-order valence-electron chi connectivity index (χ1n) is 6.51. The largest absolute Gasteiger partial charge is 0.339 e. The van der Waals surface area contributed by atoms with Gasteiger partial charge < -0.3 is 15.5 Å². The minimum absolute atomic E-state index is 0.274. The Morgan fingerprint density at radius 3 is 2.94 bits per heavy atom. The number of carbonyl (C=O) groups is 1. The summed E-state index contributed by atoms with van der Waals surface area (Å²) >= 11 is 0. The third-order valence-electron chi connectivity index (χ3n) is 3.71. The Kier molecular flexibility index (Phi) is 4.18. The number of hydrogen-bond donors (Lipinski definition) is 2. The van der Waals surface area contributed by atoms with Gasteiger partial charge in [-0.05, 0) is 39.2 Å². The lowest BCUT2D eigenvalue weighted by Crippen LogP contribution is -2.48. The number of rotatable bonds is 3. The molecule has 4 nitrogen and oxygen atoms in total. The van der Waals surface area contributed by atoms with Crippen molar-refractivity contribution in [1.29, 1.82) is 0 Å². The van der Waals surface area contributed by atoms with Gasteiger partial charge in [0, 0.05) is 25.2 Å². The van der Waals surface area contributed by atoms with E-state index in [1.807, 2.05) is 4.90 Å². The molecule has 0 bridgehead atoms. The number of nitrogens with zero attached hydrogens (tertiary/aromatic N) is 1. The highest BCUT2D eigenvalue weighted by Gasteiger charge is 2.25. The highest BCUT2D eigenvalue weighted by molar-refractivity contribution is 5.78. The van der Waals surface area contributed by atoms with Crippen molar-refractivity contribution in [2.45, 2.75) is 44.7 Å². The molecule has 0 saturated carbocycles. The standard InChI is InChI=1S/C12H23N3O/c1-10-4-3-7-15(10)12(16)9-14-11-5-2-6-13-8-11/h10-11,13-14H,2-9H2,1H3/t10-,11-/m1/s1. The van der Waals surface area contributed by atoms with Crippen molar-refractivity contribution < 1.29 is 4.79 Å². The Balaban J connectivity index is 1.70. The molecule has 2 aliphatic heterocycles. The van der Waals surface area contributed by atoms with Crippen LogP contribution in [0.4, 0.5) is 0 Å². The van der Waals surface area contributed by atoms with E-state index in [1.165, 1.54) is 12.8 Å². The van der Waals surface area contributed by atoms with Crippen LogP contribution in [-0.2, 0) is 4.79 Å². The second-order valence-corrected chi connectivity index (χ2v) is 5.00. The minimum atomic E-state index is 0.274. The summed E-state index contributed by atoms with van der Waals surface area (Å²) in [6, 6.07) is 0.925. The minimum Gasteiger partial charge on any atom is -0.339 e. The lowest BCUT2D eigenvalue weighted by molar-refractivity contribution is -0.130. The van der Waals surface area contributed by atoms with Gasteiger partial charge >= 0.3 is 0 Å². The molecule has 0 radical (unpaired) electrons. The fourth-order valence-electron chi connectivity index (χ4n) is 2.66. The van der Waals surface area contributed by atoms with Crippen molar-refractivity contribution in [1.82, 2.24) is 15.5 Å². The van der Waals surface area contributed by atoms with E-state index in [-0.39, 0.29) is 5.91 Å². The third kappa shape index (κ3) is 2.95. The van der Waals surface area contributed by atoms with Crippen molar-refractivity contribution in [3.05, 3.63) is 0 Å². The van der Waals surface area contributed by atoms with Gasteiger partial charge in [0.15, 0.2) is 0 Å². The molecule has 0 aromatic carbocycles. The van der Waals surface area contributed by atoms with E-state index < -0.39 is 0 Å². The van der Waals surface area contributed by atoms with E-state index in [1.54, 1.807) is 0 Å². The van der Waals surface area contributed by atoms with Crippen LogP contribution in [0.15, 0.2) is 0 Å². The Labute approximate surface area is 97.8 Å². The molecule has 2 rings (SSSR count). The summed E-state index contributed by atoms with van der Waals surface area (Å²) in [5.74, 6) is 0.274. The number of likely N-dealkylation sites (tertiary alicyclic amines) is 1. The first-order valence-corrected chi connectivity index (χ1v) is 6.51. The van der Waals surface area contributed by atoms with Crippen LogP contribution in [0.25, 0.3) is 0 Å². The summed E-state index contributed by atoms with van der Waals surface area (Å²) < 4.78 is 0. The molecule has 0 aliphatic carbocycles. The molecule has 0 aromatic heterocycles. The molecule has 0 spiro atoms. The predicted molar refractivity (Wildman–Crippen MR) is 64.3 cm³/mol. The molecule has 2 N–H and O–H groups in total. The average Bonchev–Trinajstić information content (AvgIpc) is 2.74. The molecule has 4 heteroatoms. The van der Waals surface area contributed by atoms with E-state index in [2.05, 4.69) is 17.6 Å². The van der Waals surface area contributed by atoms with Crippen LogP contribution in [0.3, 0.4) is 0 Å². The fourth-order valence-corrected chi connectivity index (χ4v) is 2.66. The van der Waals surface area contributed by atoms with E-state index in [4.69, 9.17) is 0 Å². The van der Waals surface area contributed by atoms with Crippen molar-refractivity contribution in [2.75, 3.05) is 26.2 Å². The van der Waals surface area contributed by atoms with Crippen LogP contribution >= 0.6 is 0 Å². The van der Waals surface area contributed by atoms with Gasteiger partial charge in [-0.2, -0.15) is 0 Å². The normalized spacial score (nSPS) is 30.7. The Morgan fingerprint density at radius 2 is 2.31 bits per heavy atom. The topological polar surface area (TPSA) is 44.4 Å². The molecule has 2 atom stereocenters. The van der Waals surface area contributed by atoms with Gasteiger partial charge in [0.05, 0.1) is 6.54 Å². The fraction of sp³-hybridized carbons (Fsp3) is 0.917. The molecule has 92 valence electrons. The van der Waals surface area contributed by atoms with Crippen LogP contribution in [-0.4, -0.2) is 49.1 Å². The van der Waals surface area contributed by atoms with Crippen LogP contribution in [0.5, 0.6) is 0 Å². The summed E-state index contributed by atoms with van der Waals surface area (Å²) in [6.45, 7) is 5.73. The Morgan fingerprint density at radius 1 is 1.44 bits per heavy atom. The van der Waals surface area contributed by atoms with Crippen LogP contribution in [0.2, 0.25) is 0 Å². The number of hydrogen-bond acceptors (Lipinski definition) is 3. The molecule has 0 unspecified atom stereocenters. The molecule has 2 saturated heterocycles. The van der Waals surface area contributed by atoms with Crippen molar-refractivity contribution in [3.8, 4) is 0 Å². The highest BCUT2D eigenvalue weighted by Crippen LogP contribution is 2.16. The molecular weight excluding hydrogens is 202 g/mol. The van der Waals surface area contributed by atoms with Crippen molar-refractivity contribution in [3.63, 3.8) is 0 Å². The van der Waals surface area contributed by atoms with Crippen LogP contribution in [0.1, 0.15) is 32.6 Å². The lowest BCUT2D eigenvalue weighted by Gasteiger charge is -2.26. The smallest absolute Gasteiger partial charge is 0.236 e. The van der Waals surface area contributed by atoms with E-state index >= 15 is 0 Å². The highest BCUT2D eigenvalue weighted by atomic mass is 16.2. The van der Waals surface area contributed by atoms with E-state index in [9.17, 15) is 4.79 Å². The maximum atomic E-state index is 11.9. The zero-order valence-electron chi connectivity index (χ0n) is 10.2. The van der Waals surface area contributed by atoms with Gasteiger partial charge in [-0.1, -0.05) is 0 Å². The van der Waals surface area contributed by atoms with Gasteiger partial charge in [-0.15, -0.1) is 0 Å². The van der Waals surface area contributed by atoms with Gasteiger partial charge in [-0.3, -0.25) is 4.79 Å². The van der Waals surface area contributed by atoms with E-state index in [0.29, 0.717) is 18.6 Å². The SMILES string of the molecule is C[C@@H]1CCCN1C(=O)CN[C@@H]1CCCNC1. The molecule has 2 fully saturated rings.